The number of carbonyl (C=O) groups is 1. The van der Waals surface area contributed by atoms with E-state index in [2.05, 4.69) is 0 Å². The Morgan fingerprint density at radius 1 is 1.42 bits per heavy atom. The van der Waals surface area contributed by atoms with E-state index in [4.69, 9.17) is 4.74 Å². The summed E-state index contributed by atoms with van der Waals surface area (Å²) in [4.78, 5) is 11.3. The number of benzene rings is 1. The SMILES string of the molecule is COC(C)(C)CCC(Cc1ccccc1F)C(=O)O. The number of hydrogen-bond donors (Lipinski definition) is 1. The lowest BCUT2D eigenvalue weighted by molar-refractivity contribution is -0.142. The third-order valence-corrected chi connectivity index (χ3v) is 3.42. The molecule has 1 unspecified atom stereocenters. The van der Waals surface area contributed by atoms with Crippen LogP contribution >= 0.6 is 0 Å². The molecule has 0 spiro atoms. The predicted octanol–water partition coefficient (Wildman–Crippen LogP) is 3.27. The van der Waals surface area contributed by atoms with E-state index in [9.17, 15) is 14.3 Å². The van der Waals surface area contributed by atoms with Gasteiger partial charge in [0, 0.05) is 7.11 Å². The van der Waals surface area contributed by atoms with Gasteiger partial charge in [0.2, 0.25) is 0 Å². The monoisotopic (exact) mass is 268 g/mol. The van der Waals surface area contributed by atoms with E-state index in [1.165, 1.54) is 6.07 Å². The first-order chi connectivity index (χ1) is 8.85. The fraction of sp³-hybridized carbons (Fsp3) is 0.533. The summed E-state index contributed by atoms with van der Waals surface area (Å²) in [7, 11) is 1.60. The lowest BCUT2D eigenvalue weighted by Gasteiger charge is -2.24. The lowest BCUT2D eigenvalue weighted by atomic mass is 9.90. The van der Waals surface area contributed by atoms with E-state index < -0.39 is 11.9 Å². The number of halogens is 1. The van der Waals surface area contributed by atoms with Gasteiger partial charge in [0.05, 0.1) is 11.5 Å². The molecule has 106 valence electrons. The van der Waals surface area contributed by atoms with Crippen molar-refractivity contribution in [3.05, 3.63) is 35.6 Å². The number of carboxylic acid groups (broad SMARTS) is 1. The van der Waals surface area contributed by atoms with Crippen LogP contribution in [0.15, 0.2) is 24.3 Å². The Kier molecular flexibility index (Phi) is 5.48. The highest BCUT2D eigenvalue weighted by Gasteiger charge is 2.24. The molecule has 0 bridgehead atoms. The number of carboxylic acids is 1. The first-order valence-corrected chi connectivity index (χ1v) is 6.37. The van der Waals surface area contributed by atoms with Gasteiger partial charge in [-0.3, -0.25) is 4.79 Å². The van der Waals surface area contributed by atoms with Crippen LogP contribution in [0.1, 0.15) is 32.3 Å². The third-order valence-electron chi connectivity index (χ3n) is 3.42. The lowest BCUT2D eigenvalue weighted by Crippen LogP contribution is -2.26. The minimum atomic E-state index is -0.893. The highest BCUT2D eigenvalue weighted by atomic mass is 19.1. The maximum Gasteiger partial charge on any atom is 0.306 e. The van der Waals surface area contributed by atoms with Gasteiger partial charge in [0.15, 0.2) is 0 Å². The predicted molar refractivity (Wildman–Crippen MR) is 71.6 cm³/mol. The summed E-state index contributed by atoms with van der Waals surface area (Å²) >= 11 is 0. The normalized spacial score (nSPS) is 13.3. The van der Waals surface area contributed by atoms with Crippen LogP contribution in [0.25, 0.3) is 0 Å². The van der Waals surface area contributed by atoms with Crippen molar-refractivity contribution in [3.63, 3.8) is 0 Å². The van der Waals surface area contributed by atoms with Crippen LogP contribution in [0.4, 0.5) is 4.39 Å². The Balaban J connectivity index is 2.69. The van der Waals surface area contributed by atoms with Crippen LogP contribution in [-0.2, 0) is 16.0 Å². The molecule has 1 atom stereocenters. The zero-order valence-electron chi connectivity index (χ0n) is 11.6. The Morgan fingerprint density at radius 3 is 2.58 bits per heavy atom. The van der Waals surface area contributed by atoms with Crippen molar-refractivity contribution in [1.29, 1.82) is 0 Å². The van der Waals surface area contributed by atoms with Crippen molar-refractivity contribution in [2.24, 2.45) is 5.92 Å². The second kappa shape index (κ2) is 6.66. The van der Waals surface area contributed by atoms with Gasteiger partial charge >= 0.3 is 5.97 Å². The summed E-state index contributed by atoms with van der Waals surface area (Å²) in [5.74, 6) is -1.83. The first kappa shape index (κ1) is 15.6. The quantitative estimate of drug-likeness (QED) is 0.825. The maximum absolute atomic E-state index is 13.5. The van der Waals surface area contributed by atoms with Gasteiger partial charge < -0.3 is 9.84 Å². The summed E-state index contributed by atoms with van der Waals surface area (Å²) in [6.07, 6.45) is 1.29. The van der Waals surface area contributed by atoms with Crippen molar-refractivity contribution in [3.8, 4) is 0 Å². The molecule has 0 heterocycles. The van der Waals surface area contributed by atoms with Crippen LogP contribution in [0, 0.1) is 11.7 Å². The molecule has 1 aromatic rings. The van der Waals surface area contributed by atoms with E-state index in [1.54, 1.807) is 25.3 Å². The number of methoxy groups -OCH3 is 1. The summed E-state index contributed by atoms with van der Waals surface area (Å²) < 4.78 is 18.8. The first-order valence-electron chi connectivity index (χ1n) is 6.37. The van der Waals surface area contributed by atoms with Crippen LogP contribution < -0.4 is 0 Å². The minimum Gasteiger partial charge on any atom is -0.481 e. The molecule has 0 fully saturated rings. The topological polar surface area (TPSA) is 46.5 Å². The Labute approximate surface area is 113 Å². The van der Waals surface area contributed by atoms with E-state index in [-0.39, 0.29) is 17.8 Å². The highest BCUT2D eigenvalue weighted by Crippen LogP contribution is 2.23. The van der Waals surface area contributed by atoms with Crippen molar-refractivity contribution in [2.75, 3.05) is 7.11 Å². The van der Waals surface area contributed by atoms with E-state index in [0.29, 0.717) is 18.4 Å². The summed E-state index contributed by atoms with van der Waals surface area (Å²) in [6, 6.07) is 6.30. The summed E-state index contributed by atoms with van der Waals surface area (Å²) in [5.41, 5.74) is 0.0910. The number of ether oxygens (including phenoxy) is 1. The molecule has 1 rings (SSSR count). The van der Waals surface area contributed by atoms with Gasteiger partial charge in [-0.05, 0) is 44.7 Å². The number of rotatable bonds is 7. The molecule has 0 radical (unpaired) electrons. The standard InChI is InChI=1S/C15H21FO3/c1-15(2,19-3)9-8-12(14(17)18)10-11-6-4-5-7-13(11)16/h4-7,12H,8-10H2,1-3H3,(H,17,18). The molecule has 19 heavy (non-hydrogen) atoms. The number of aliphatic carboxylic acids is 1. The van der Waals surface area contributed by atoms with Crippen LogP contribution in [0.5, 0.6) is 0 Å². The van der Waals surface area contributed by atoms with E-state index in [0.717, 1.165) is 0 Å². The zero-order chi connectivity index (χ0) is 14.5. The van der Waals surface area contributed by atoms with Gasteiger partial charge in [-0.2, -0.15) is 0 Å². The largest absolute Gasteiger partial charge is 0.481 e. The fourth-order valence-corrected chi connectivity index (χ4v) is 1.87. The molecule has 0 aromatic heterocycles. The molecule has 0 aliphatic rings. The summed E-state index contributed by atoms with van der Waals surface area (Å²) in [6.45, 7) is 3.82. The van der Waals surface area contributed by atoms with E-state index in [1.807, 2.05) is 13.8 Å². The van der Waals surface area contributed by atoms with Crippen LogP contribution in [0.2, 0.25) is 0 Å². The smallest absolute Gasteiger partial charge is 0.306 e. The summed E-state index contributed by atoms with van der Waals surface area (Å²) in [5, 5.41) is 9.23. The molecule has 1 N–H and O–H groups in total. The van der Waals surface area contributed by atoms with Gasteiger partial charge in [0.1, 0.15) is 5.82 Å². The zero-order valence-corrected chi connectivity index (χ0v) is 11.6. The van der Waals surface area contributed by atoms with Gasteiger partial charge in [-0.25, -0.2) is 4.39 Å². The molecular formula is C15H21FO3. The molecule has 0 amide bonds. The van der Waals surface area contributed by atoms with Gasteiger partial charge in [-0.1, -0.05) is 18.2 Å². The van der Waals surface area contributed by atoms with Crippen molar-refractivity contribution in [1.82, 2.24) is 0 Å². The van der Waals surface area contributed by atoms with E-state index >= 15 is 0 Å². The molecule has 0 saturated heterocycles. The average molecular weight is 268 g/mol. The minimum absolute atomic E-state index is 0.210. The second-order valence-corrected chi connectivity index (χ2v) is 5.33. The highest BCUT2D eigenvalue weighted by molar-refractivity contribution is 5.70. The van der Waals surface area contributed by atoms with Crippen molar-refractivity contribution >= 4 is 5.97 Å². The molecule has 0 aliphatic carbocycles. The third kappa shape index (κ3) is 4.99. The molecule has 1 aromatic carbocycles. The number of hydrogen-bond acceptors (Lipinski definition) is 2. The van der Waals surface area contributed by atoms with Crippen molar-refractivity contribution in [2.45, 2.75) is 38.7 Å². The molecule has 3 nitrogen and oxygen atoms in total. The van der Waals surface area contributed by atoms with Crippen LogP contribution in [-0.4, -0.2) is 23.8 Å². The Hall–Kier alpha value is -1.42. The maximum atomic E-state index is 13.5. The molecular weight excluding hydrogens is 247 g/mol. The molecule has 0 saturated carbocycles. The molecule has 0 aliphatic heterocycles. The van der Waals surface area contributed by atoms with Crippen LogP contribution in [0.3, 0.4) is 0 Å². The second-order valence-electron chi connectivity index (χ2n) is 5.33. The van der Waals surface area contributed by atoms with Crippen molar-refractivity contribution < 1.29 is 19.0 Å². The Morgan fingerprint density at radius 2 is 2.05 bits per heavy atom. The Bertz CT molecular complexity index is 429. The molecule has 4 heteroatoms. The van der Waals surface area contributed by atoms with Gasteiger partial charge in [0.25, 0.3) is 0 Å². The fourth-order valence-electron chi connectivity index (χ4n) is 1.87. The average Bonchev–Trinajstić information content (AvgIpc) is 2.36. The van der Waals surface area contributed by atoms with Gasteiger partial charge in [-0.15, -0.1) is 0 Å².